The molecule has 0 aliphatic carbocycles. The van der Waals surface area contributed by atoms with Gasteiger partial charge in [-0.1, -0.05) is 35.9 Å². The van der Waals surface area contributed by atoms with Crippen LogP contribution in [0.1, 0.15) is 11.1 Å². The third-order valence-corrected chi connectivity index (χ3v) is 4.01. The molecule has 0 fully saturated rings. The lowest BCUT2D eigenvalue weighted by molar-refractivity contribution is -0.117. The van der Waals surface area contributed by atoms with Gasteiger partial charge in [0.05, 0.1) is 13.5 Å². The minimum absolute atomic E-state index is 0.0699. The summed E-state index contributed by atoms with van der Waals surface area (Å²) in [6, 6.07) is 13.3. The average Bonchev–Trinajstić information content (AvgIpc) is 2.90. The van der Waals surface area contributed by atoms with E-state index in [1.807, 2.05) is 47.4 Å². The lowest BCUT2D eigenvalue weighted by atomic mass is 10.1. The van der Waals surface area contributed by atoms with Gasteiger partial charge in [0.2, 0.25) is 5.91 Å². The molecular formula is C17H16ClNO2. The number of carbonyl (C=O) groups is 1. The molecule has 1 amide bonds. The van der Waals surface area contributed by atoms with Crippen molar-refractivity contribution in [3.8, 4) is 5.75 Å². The van der Waals surface area contributed by atoms with Crippen molar-refractivity contribution in [3.05, 3.63) is 58.6 Å². The predicted octanol–water partition coefficient (Wildman–Crippen LogP) is 3.48. The largest absolute Gasteiger partial charge is 0.496 e. The van der Waals surface area contributed by atoms with Crippen molar-refractivity contribution in [1.29, 1.82) is 0 Å². The third-order valence-electron chi connectivity index (χ3n) is 3.78. The summed E-state index contributed by atoms with van der Waals surface area (Å²) in [7, 11) is 1.62. The summed E-state index contributed by atoms with van der Waals surface area (Å²) in [4.78, 5) is 14.4. The molecule has 1 aliphatic heterocycles. The molecular weight excluding hydrogens is 286 g/mol. The number of benzene rings is 2. The van der Waals surface area contributed by atoms with Crippen LogP contribution in [0.25, 0.3) is 0 Å². The molecule has 3 nitrogen and oxygen atoms in total. The van der Waals surface area contributed by atoms with E-state index in [9.17, 15) is 4.79 Å². The van der Waals surface area contributed by atoms with Crippen LogP contribution in [0.15, 0.2) is 42.5 Å². The van der Waals surface area contributed by atoms with Gasteiger partial charge in [-0.3, -0.25) is 4.79 Å². The summed E-state index contributed by atoms with van der Waals surface area (Å²) in [5.41, 5.74) is 3.01. The normalized spacial score (nSPS) is 13.1. The first-order chi connectivity index (χ1) is 10.2. The maximum absolute atomic E-state index is 12.6. The zero-order chi connectivity index (χ0) is 14.8. The number of rotatable bonds is 3. The zero-order valence-electron chi connectivity index (χ0n) is 11.8. The van der Waals surface area contributed by atoms with Crippen LogP contribution in [-0.2, 0) is 17.6 Å². The molecule has 0 unspecified atom stereocenters. The number of para-hydroxylation sites is 1. The quantitative estimate of drug-likeness (QED) is 0.868. The minimum atomic E-state index is 0.0699. The molecule has 0 spiro atoms. The summed E-state index contributed by atoms with van der Waals surface area (Å²) < 4.78 is 5.31. The summed E-state index contributed by atoms with van der Waals surface area (Å²) in [5, 5.41) is 0.658. The van der Waals surface area contributed by atoms with Gasteiger partial charge in [0.1, 0.15) is 5.75 Å². The van der Waals surface area contributed by atoms with Crippen molar-refractivity contribution in [2.24, 2.45) is 0 Å². The molecule has 21 heavy (non-hydrogen) atoms. The molecule has 0 N–H and O–H groups in total. The number of methoxy groups -OCH3 is 1. The average molecular weight is 302 g/mol. The Hall–Kier alpha value is -2.00. The highest BCUT2D eigenvalue weighted by Crippen LogP contribution is 2.31. The standard InChI is InChI=1S/C17H16ClNO2/c1-21-16-5-3-2-4-13(16)10-17(20)19-9-8-12-6-7-14(18)11-15(12)19/h2-7,11H,8-10H2,1H3. The molecule has 1 heterocycles. The minimum Gasteiger partial charge on any atom is -0.496 e. The summed E-state index contributed by atoms with van der Waals surface area (Å²) in [6.07, 6.45) is 1.21. The van der Waals surface area contributed by atoms with E-state index in [1.165, 1.54) is 5.56 Å². The van der Waals surface area contributed by atoms with Gasteiger partial charge >= 0.3 is 0 Å². The number of hydrogen-bond donors (Lipinski definition) is 0. The number of ether oxygens (including phenoxy) is 1. The SMILES string of the molecule is COc1ccccc1CC(=O)N1CCc2ccc(Cl)cc21. The lowest BCUT2D eigenvalue weighted by Gasteiger charge is -2.18. The number of hydrogen-bond acceptors (Lipinski definition) is 2. The summed E-state index contributed by atoms with van der Waals surface area (Å²) in [5.74, 6) is 0.817. The predicted molar refractivity (Wildman–Crippen MR) is 84.2 cm³/mol. The van der Waals surface area contributed by atoms with Crippen molar-refractivity contribution in [2.45, 2.75) is 12.8 Å². The molecule has 0 bridgehead atoms. The maximum atomic E-state index is 12.6. The fourth-order valence-electron chi connectivity index (χ4n) is 2.72. The summed E-state index contributed by atoms with van der Waals surface area (Å²) in [6.45, 7) is 0.712. The van der Waals surface area contributed by atoms with E-state index in [0.717, 1.165) is 23.4 Å². The molecule has 4 heteroatoms. The van der Waals surface area contributed by atoms with Crippen LogP contribution in [0.3, 0.4) is 0 Å². The van der Waals surface area contributed by atoms with Crippen molar-refractivity contribution < 1.29 is 9.53 Å². The Morgan fingerprint density at radius 1 is 1.29 bits per heavy atom. The Morgan fingerprint density at radius 3 is 2.90 bits per heavy atom. The van der Waals surface area contributed by atoms with Gasteiger partial charge in [-0.05, 0) is 30.2 Å². The van der Waals surface area contributed by atoms with Crippen LogP contribution >= 0.6 is 11.6 Å². The molecule has 2 aromatic carbocycles. The lowest BCUT2D eigenvalue weighted by Crippen LogP contribution is -2.30. The molecule has 0 saturated heterocycles. The van der Waals surface area contributed by atoms with Crippen LogP contribution < -0.4 is 9.64 Å². The van der Waals surface area contributed by atoms with Gasteiger partial charge in [-0.15, -0.1) is 0 Å². The first-order valence-electron chi connectivity index (χ1n) is 6.89. The second-order valence-electron chi connectivity index (χ2n) is 5.06. The van der Waals surface area contributed by atoms with E-state index in [2.05, 4.69) is 0 Å². The highest BCUT2D eigenvalue weighted by atomic mass is 35.5. The highest BCUT2D eigenvalue weighted by Gasteiger charge is 2.25. The van der Waals surface area contributed by atoms with Crippen molar-refractivity contribution in [3.63, 3.8) is 0 Å². The van der Waals surface area contributed by atoms with Gasteiger partial charge in [-0.2, -0.15) is 0 Å². The number of nitrogens with zero attached hydrogens (tertiary/aromatic N) is 1. The molecule has 0 radical (unpaired) electrons. The zero-order valence-corrected chi connectivity index (χ0v) is 12.6. The van der Waals surface area contributed by atoms with E-state index in [-0.39, 0.29) is 5.91 Å². The number of fused-ring (bicyclic) bond motifs is 1. The fraction of sp³-hybridized carbons (Fsp3) is 0.235. The van der Waals surface area contributed by atoms with Gasteiger partial charge in [0.15, 0.2) is 0 Å². The van der Waals surface area contributed by atoms with Crippen LogP contribution in [-0.4, -0.2) is 19.6 Å². The third kappa shape index (κ3) is 2.74. The Kier molecular flexibility index (Phi) is 3.84. The molecule has 0 aromatic heterocycles. The van der Waals surface area contributed by atoms with E-state index in [4.69, 9.17) is 16.3 Å². The van der Waals surface area contributed by atoms with Crippen molar-refractivity contribution >= 4 is 23.2 Å². The van der Waals surface area contributed by atoms with Crippen molar-refractivity contribution in [1.82, 2.24) is 0 Å². The molecule has 0 atom stereocenters. The van der Waals surface area contributed by atoms with E-state index in [0.29, 0.717) is 18.0 Å². The number of anilines is 1. The van der Waals surface area contributed by atoms with E-state index >= 15 is 0 Å². The first kappa shape index (κ1) is 14.0. The topological polar surface area (TPSA) is 29.5 Å². The van der Waals surface area contributed by atoms with Crippen LogP contribution in [0.2, 0.25) is 5.02 Å². The molecule has 3 rings (SSSR count). The van der Waals surface area contributed by atoms with E-state index < -0.39 is 0 Å². The van der Waals surface area contributed by atoms with Crippen LogP contribution in [0.5, 0.6) is 5.75 Å². The van der Waals surface area contributed by atoms with Crippen LogP contribution in [0, 0.1) is 0 Å². The Morgan fingerprint density at radius 2 is 2.10 bits per heavy atom. The molecule has 1 aliphatic rings. The van der Waals surface area contributed by atoms with E-state index in [1.54, 1.807) is 7.11 Å². The van der Waals surface area contributed by atoms with Gasteiger partial charge in [-0.25, -0.2) is 0 Å². The molecule has 0 saturated carbocycles. The second kappa shape index (κ2) is 5.78. The smallest absolute Gasteiger partial charge is 0.231 e. The highest BCUT2D eigenvalue weighted by molar-refractivity contribution is 6.31. The molecule has 2 aromatic rings. The Labute approximate surface area is 129 Å². The Bertz CT molecular complexity index is 684. The van der Waals surface area contributed by atoms with Gasteiger partial charge in [0, 0.05) is 22.8 Å². The van der Waals surface area contributed by atoms with Gasteiger partial charge < -0.3 is 9.64 Å². The fourth-order valence-corrected chi connectivity index (χ4v) is 2.89. The van der Waals surface area contributed by atoms with Gasteiger partial charge in [0.25, 0.3) is 0 Å². The maximum Gasteiger partial charge on any atom is 0.231 e. The Balaban J connectivity index is 1.83. The summed E-state index contributed by atoms with van der Waals surface area (Å²) >= 11 is 6.04. The second-order valence-corrected chi connectivity index (χ2v) is 5.49. The number of carbonyl (C=O) groups excluding carboxylic acids is 1. The first-order valence-corrected chi connectivity index (χ1v) is 7.27. The van der Waals surface area contributed by atoms with Crippen LogP contribution in [0.4, 0.5) is 5.69 Å². The monoisotopic (exact) mass is 301 g/mol. The number of amides is 1. The number of halogens is 1. The molecule has 108 valence electrons. The van der Waals surface area contributed by atoms with Crippen molar-refractivity contribution in [2.75, 3.05) is 18.6 Å².